The van der Waals surface area contributed by atoms with Crippen molar-refractivity contribution in [2.45, 2.75) is 19.4 Å². The number of hydrogen-bond donors (Lipinski definition) is 1. The Labute approximate surface area is 105 Å². The number of hydrogen-bond acceptors (Lipinski definition) is 2. The van der Waals surface area contributed by atoms with Crippen molar-refractivity contribution >= 4 is 11.3 Å². The van der Waals surface area contributed by atoms with Gasteiger partial charge in [-0.3, -0.25) is 0 Å². The number of halogens is 1. The monoisotopic (exact) mass is 249 g/mol. The van der Waals surface area contributed by atoms with Gasteiger partial charge in [-0.25, -0.2) is 4.39 Å². The van der Waals surface area contributed by atoms with Gasteiger partial charge in [0.05, 0.1) is 0 Å². The summed E-state index contributed by atoms with van der Waals surface area (Å²) in [6.07, 6.45) is 0.904. The Morgan fingerprint density at radius 3 is 2.88 bits per heavy atom. The zero-order valence-corrected chi connectivity index (χ0v) is 10.6. The molecule has 0 saturated carbocycles. The van der Waals surface area contributed by atoms with E-state index in [1.165, 1.54) is 11.6 Å². The van der Waals surface area contributed by atoms with E-state index in [-0.39, 0.29) is 11.9 Å². The van der Waals surface area contributed by atoms with Crippen LogP contribution in [0, 0.1) is 5.82 Å². The zero-order valence-electron chi connectivity index (χ0n) is 9.82. The summed E-state index contributed by atoms with van der Waals surface area (Å²) in [4.78, 5) is 0. The largest absolute Gasteiger partial charge is 0.310 e. The van der Waals surface area contributed by atoms with E-state index in [2.05, 4.69) is 29.1 Å². The number of thiophene rings is 1. The van der Waals surface area contributed by atoms with Gasteiger partial charge < -0.3 is 5.32 Å². The molecule has 0 aliphatic rings. The van der Waals surface area contributed by atoms with Crippen LogP contribution in [0.25, 0.3) is 0 Å². The summed E-state index contributed by atoms with van der Waals surface area (Å²) in [5, 5.41) is 7.62. The van der Waals surface area contributed by atoms with Crippen molar-refractivity contribution in [3.8, 4) is 0 Å². The van der Waals surface area contributed by atoms with Crippen molar-refractivity contribution in [1.29, 1.82) is 0 Å². The minimum absolute atomic E-state index is 0.171. The fraction of sp³-hybridized carbons (Fsp3) is 0.286. The van der Waals surface area contributed by atoms with Gasteiger partial charge in [0, 0.05) is 6.04 Å². The van der Waals surface area contributed by atoms with Gasteiger partial charge in [-0.15, -0.1) is 0 Å². The molecule has 1 nitrogen and oxygen atoms in total. The van der Waals surface area contributed by atoms with E-state index in [0.717, 1.165) is 18.5 Å². The molecular weight excluding hydrogens is 233 g/mol. The fourth-order valence-corrected chi connectivity index (χ4v) is 2.60. The standard InChI is InChI=1S/C14H16FNS/c1-2-16-14(8-11-6-7-17-10-11)12-4-3-5-13(15)9-12/h3-7,9-10,14,16H,2,8H2,1H3. The first-order chi connectivity index (χ1) is 8.29. The van der Waals surface area contributed by atoms with Crippen LogP contribution in [-0.2, 0) is 6.42 Å². The average Bonchev–Trinajstić information content (AvgIpc) is 2.81. The third-order valence-electron chi connectivity index (χ3n) is 2.72. The zero-order chi connectivity index (χ0) is 12.1. The lowest BCUT2D eigenvalue weighted by Gasteiger charge is -2.17. The molecule has 2 rings (SSSR count). The molecule has 0 saturated heterocycles. The summed E-state index contributed by atoms with van der Waals surface area (Å²) in [6, 6.07) is 9.14. The molecule has 1 N–H and O–H groups in total. The maximum absolute atomic E-state index is 13.2. The van der Waals surface area contributed by atoms with Crippen molar-refractivity contribution in [2.75, 3.05) is 6.54 Å². The molecule has 17 heavy (non-hydrogen) atoms. The Balaban J connectivity index is 2.16. The van der Waals surface area contributed by atoms with E-state index < -0.39 is 0 Å². The summed E-state index contributed by atoms with van der Waals surface area (Å²) >= 11 is 1.70. The summed E-state index contributed by atoms with van der Waals surface area (Å²) in [5.74, 6) is -0.171. The Morgan fingerprint density at radius 1 is 1.35 bits per heavy atom. The lowest BCUT2D eigenvalue weighted by molar-refractivity contribution is 0.543. The maximum Gasteiger partial charge on any atom is 0.123 e. The van der Waals surface area contributed by atoms with Crippen molar-refractivity contribution < 1.29 is 4.39 Å². The van der Waals surface area contributed by atoms with Gasteiger partial charge in [-0.05, 0) is 53.1 Å². The van der Waals surface area contributed by atoms with Gasteiger partial charge in [0.2, 0.25) is 0 Å². The third-order valence-corrected chi connectivity index (χ3v) is 3.45. The molecule has 2 aromatic rings. The van der Waals surface area contributed by atoms with Crippen molar-refractivity contribution in [3.05, 3.63) is 58.0 Å². The SMILES string of the molecule is CCNC(Cc1ccsc1)c1cccc(F)c1. The second-order valence-electron chi connectivity index (χ2n) is 4.00. The van der Waals surface area contributed by atoms with Gasteiger partial charge in [0.25, 0.3) is 0 Å². The Bertz CT molecular complexity index is 453. The molecule has 0 fully saturated rings. The molecule has 0 amide bonds. The van der Waals surface area contributed by atoms with Gasteiger partial charge in [-0.1, -0.05) is 19.1 Å². The quantitative estimate of drug-likeness (QED) is 0.850. The summed E-state index contributed by atoms with van der Waals surface area (Å²) < 4.78 is 13.2. The highest BCUT2D eigenvalue weighted by Crippen LogP contribution is 2.20. The minimum Gasteiger partial charge on any atom is -0.310 e. The number of benzene rings is 1. The predicted octanol–water partition coefficient (Wildman–Crippen LogP) is 3.78. The first-order valence-electron chi connectivity index (χ1n) is 5.79. The topological polar surface area (TPSA) is 12.0 Å². The van der Waals surface area contributed by atoms with Crippen LogP contribution in [0.15, 0.2) is 41.1 Å². The maximum atomic E-state index is 13.2. The normalized spacial score (nSPS) is 12.6. The van der Waals surface area contributed by atoms with Crippen LogP contribution in [0.3, 0.4) is 0 Å². The second kappa shape index (κ2) is 5.94. The lowest BCUT2D eigenvalue weighted by Crippen LogP contribution is -2.22. The number of rotatable bonds is 5. The van der Waals surface area contributed by atoms with E-state index >= 15 is 0 Å². The van der Waals surface area contributed by atoms with Crippen molar-refractivity contribution in [1.82, 2.24) is 5.32 Å². The van der Waals surface area contributed by atoms with Crippen LogP contribution in [0.1, 0.15) is 24.1 Å². The molecule has 1 aromatic carbocycles. The van der Waals surface area contributed by atoms with E-state index in [1.807, 2.05) is 6.07 Å². The molecule has 90 valence electrons. The highest BCUT2D eigenvalue weighted by molar-refractivity contribution is 7.07. The first kappa shape index (κ1) is 12.3. The van der Waals surface area contributed by atoms with Crippen LogP contribution >= 0.6 is 11.3 Å². The van der Waals surface area contributed by atoms with Crippen molar-refractivity contribution in [3.63, 3.8) is 0 Å². The molecule has 0 aliphatic carbocycles. The van der Waals surface area contributed by atoms with Gasteiger partial charge >= 0.3 is 0 Å². The number of nitrogens with one attached hydrogen (secondary N) is 1. The van der Waals surface area contributed by atoms with Gasteiger partial charge in [0.1, 0.15) is 5.82 Å². The summed E-state index contributed by atoms with van der Waals surface area (Å²) in [6.45, 7) is 2.95. The van der Waals surface area contributed by atoms with E-state index in [0.29, 0.717) is 0 Å². The average molecular weight is 249 g/mol. The molecule has 3 heteroatoms. The van der Waals surface area contributed by atoms with Crippen LogP contribution in [0.4, 0.5) is 4.39 Å². The smallest absolute Gasteiger partial charge is 0.123 e. The molecule has 0 spiro atoms. The Kier molecular flexibility index (Phi) is 4.29. The van der Waals surface area contributed by atoms with Crippen LogP contribution in [0.2, 0.25) is 0 Å². The highest BCUT2D eigenvalue weighted by Gasteiger charge is 2.11. The lowest BCUT2D eigenvalue weighted by atomic mass is 10.0. The molecule has 1 aromatic heterocycles. The van der Waals surface area contributed by atoms with E-state index in [4.69, 9.17) is 0 Å². The summed E-state index contributed by atoms with van der Waals surface area (Å²) in [5.41, 5.74) is 2.31. The first-order valence-corrected chi connectivity index (χ1v) is 6.74. The van der Waals surface area contributed by atoms with E-state index in [1.54, 1.807) is 23.5 Å². The highest BCUT2D eigenvalue weighted by atomic mass is 32.1. The third kappa shape index (κ3) is 3.38. The second-order valence-corrected chi connectivity index (χ2v) is 4.78. The molecule has 0 bridgehead atoms. The predicted molar refractivity (Wildman–Crippen MR) is 70.8 cm³/mol. The molecule has 1 heterocycles. The molecular formula is C14H16FNS. The van der Waals surface area contributed by atoms with Crippen LogP contribution < -0.4 is 5.32 Å². The van der Waals surface area contributed by atoms with Crippen LogP contribution in [-0.4, -0.2) is 6.54 Å². The molecule has 0 radical (unpaired) electrons. The Hall–Kier alpha value is -1.19. The molecule has 1 atom stereocenters. The molecule has 0 aliphatic heterocycles. The van der Waals surface area contributed by atoms with E-state index in [9.17, 15) is 4.39 Å². The summed E-state index contributed by atoms with van der Waals surface area (Å²) in [7, 11) is 0. The minimum atomic E-state index is -0.171. The Morgan fingerprint density at radius 2 is 2.24 bits per heavy atom. The fourth-order valence-electron chi connectivity index (χ4n) is 1.92. The number of likely N-dealkylation sites (N-methyl/N-ethyl adjacent to an activating group) is 1. The van der Waals surface area contributed by atoms with Gasteiger partial charge in [-0.2, -0.15) is 11.3 Å². The van der Waals surface area contributed by atoms with Crippen LogP contribution in [0.5, 0.6) is 0 Å². The van der Waals surface area contributed by atoms with Gasteiger partial charge in [0.15, 0.2) is 0 Å². The van der Waals surface area contributed by atoms with Crippen molar-refractivity contribution in [2.24, 2.45) is 0 Å². The molecule has 1 unspecified atom stereocenters.